The largest absolute Gasteiger partial charge is 0.359 e. The Hall–Kier alpha value is -2.59. The van der Waals surface area contributed by atoms with E-state index in [1.54, 1.807) is 17.1 Å². The van der Waals surface area contributed by atoms with Crippen molar-refractivity contribution >= 4 is 52.5 Å². The zero-order valence-electron chi connectivity index (χ0n) is 21.1. The molecule has 5 rings (SSSR count). The van der Waals surface area contributed by atoms with Crippen LogP contribution in [-0.2, 0) is 24.4 Å². The number of benzene rings is 2. The van der Waals surface area contributed by atoms with Crippen LogP contribution in [0.3, 0.4) is 0 Å². The van der Waals surface area contributed by atoms with Gasteiger partial charge in [-0.15, -0.1) is 5.10 Å². The maximum atomic E-state index is 13.5. The normalized spacial score (nSPS) is 15.5. The summed E-state index contributed by atoms with van der Waals surface area (Å²) in [4.78, 5) is 19.5. The molecule has 0 bridgehead atoms. The molecule has 0 N–H and O–H groups in total. The minimum Gasteiger partial charge on any atom is -0.359 e. The van der Waals surface area contributed by atoms with Crippen LogP contribution >= 0.6 is 27.5 Å². The zero-order valence-corrected chi connectivity index (χ0v) is 24.5. The summed E-state index contributed by atoms with van der Waals surface area (Å²) >= 11 is 10.1. The number of amides is 1. The molecule has 1 unspecified atom stereocenters. The first-order valence-corrected chi connectivity index (χ1v) is 17.2. The summed E-state index contributed by atoms with van der Waals surface area (Å²) in [6.45, 7) is 8.56. The van der Waals surface area contributed by atoms with Crippen LogP contribution in [0.5, 0.6) is 0 Å². The lowest BCUT2D eigenvalue weighted by molar-refractivity contribution is 0.0709. The monoisotopic (exact) mass is 597 g/mol. The molecular formula is C27H29BrClN5O2Si. The third-order valence-corrected chi connectivity index (χ3v) is 9.39. The zero-order chi connectivity index (χ0) is 26.2. The lowest BCUT2D eigenvalue weighted by atomic mass is 9.98. The number of aromatic nitrogens is 4. The molecule has 1 atom stereocenters. The summed E-state index contributed by atoms with van der Waals surface area (Å²) in [5.74, 6) is 0.0152. The number of carbonyl (C=O) groups excluding carboxylic acids is 1. The maximum absolute atomic E-state index is 13.5. The molecule has 2 aromatic carbocycles. The maximum Gasteiger partial charge on any atom is 0.255 e. The number of rotatable bonds is 9. The molecule has 7 nitrogen and oxygen atoms in total. The van der Waals surface area contributed by atoms with Gasteiger partial charge in [0.15, 0.2) is 0 Å². The minimum atomic E-state index is -1.14. The standard InChI is InChI=1S/C27H29BrClN5O2Si/c1-37(2,3)11-10-36-17-34-25-9-8-18(12-24(25)31-32-34)16-33-26(13-21-22(28)14-30-15-23(21)29)19-6-4-5-7-20(19)27(33)35/h4-9,12,14-15,26H,10-11,13,16-17H2,1-3H3. The van der Waals surface area contributed by atoms with Crippen molar-refractivity contribution in [2.75, 3.05) is 6.61 Å². The van der Waals surface area contributed by atoms with E-state index in [0.717, 1.165) is 50.4 Å². The molecule has 4 aromatic rings. The Morgan fingerprint density at radius 3 is 2.73 bits per heavy atom. The highest BCUT2D eigenvalue weighted by Gasteiger charge is 2.37. The Bertz CT molecular complexity index is 1430. The Kier molecular flexibility index (Phi) is 7.49. The summed E-state index contributed by atoms with van der Waals surface area (Å²) in [7, 11) is -1.14. The van der Waals surface area contributed by atoms with Crippen molar-refractivity contribution in [1.29, 1.82) is 0 Å². The Labute approximate surface area is 230 Å². The molecular weight excluding hydrogens is 570 g/mol. The van der Waals surface area contributed by atoms with Crippen LogP contribution < -0.4 is 0 Å². The van der Waals surface area contributed by atoms with Gasteiger partial charge in [-0.05, 0) is 63.3 Å². The summed E-state index contributed by atoms with van der Waals surface area (Å²) < 4.78 is 8.48. The fraction of sp³-hybridized carbons (Fsp3) is 0.333. The van der Waals surface area contributed by atoms with E-state index in [1.807, 2.05) is 47.4 Å². The van der Waals surface area contributed by atoms with Crippen molar-refractivity contribution in [2.24, 2.45) is 0 Å². The molecule has 0 radical (unpaired) electrons. The third-order valence-electron chi connectivity index (χ3n) is 6.68. The first kappa shape index (κ1) is 26.0. The molecule has 3 heterocycles. The first-order chi connectivity index (χ1) is 17.7. The lowest BCUT2D eigenvalue weighted by Gasteiger charge is -2.26. The number of hydrogen-bond donors (Lipinski definition) is 0. The molecule has 37 heavy (non-hydrogen) atoms. The van der Waals surface area contributed by atoms with E-state index in [-0.39, 0.29) is 11.9 Å². The quantitative estimate of drug-likeness (QED) is 0.163. The number of hydrogen-bond acceptors (Lipinski definition) is 5. The number of nitrogens with zero attached hydrogens (tertiary/aromatic N) is 5. The molecule has 0 fully saturated rings. The van der Waals surface area contributed by atoms with Gasteiger partial charge in [-0.25, -0.2) is 4.68 Å². The van der Waals surface area contributed by atoms with Crippen molar-refractivity contribution in [3.05, 3.63) is 86.6 Å². The smallest absolute Gasteiger partial charge is 0.255 e. The fourth-order valence-corrected chi connectivity index (χ4v) is 6.21. The van der Waals surface area contributed by atoms with E-state index in [2.05, 4.69) is 50.9 Å². The van der Waals surface area contributed by atoms with E-state index >= 15 is 0 Å². The highest BCUT2D eigenvalue weighted by molar-refractivity contribution is 9.10. The van der Waals surface area contributed by atoms with Gasteiger partial charge < -0.3 is 9.64 Å². The van der Waals surface area contributed by atoms with Gasteiger partial charge in [0.2, 0.25) is 0 Å². The van der Waals surface area contributed by atoms with Gasteiger partial charge in [0, 0.05) is 43.7 Å². The number of ether oxygens (including phenoxy) is 1. The van der Waals surface area contributed by atoms with Crippen LogP contribution in [-0.4, -0.2) is 45.5 Å². The van der Waals surface area contributed by atoms with Crippen molar-refractivity contribution < 1.29 is 9.53 Å². The van der Waals surface area contributed by atoms with Gasteiger partial charge in [-0.3, -0.25) is 9.78 Å². The van der Waals surface area contributed by atoms with E-state index in [0.29, 0.717) is 24.7 Å². The van der Waals surface area contributed by atoms with Crippen LogP contribution in [0.15, 0.2) is 59.3 Å². The highest BCUT2D eigenvalue weighted by atomic mass is 79.9. The topological polar surface area (TPSA) is 73.1 Å². The molecule has 0 aliphatic carbocycles. The SMILES string of the molecule is C[Si](C)(C)CCOCn1nnc2cc(CN3C(=O)c4ccccc4C3Cc3c(Cl)cncc3Br)ccc21. The second-order valence-corrected chi connectivity index (χ2v) is 17.5. The van der Waals surface area contributed by atoms with E-state index < -0.39 is 8.07 Å². The van der Waals surface area contributed by atoms with Crippen molar-refractivity contribution in [3.8, 4) is 0 Å². The number of carbonyl (C=O) groups is 1. The van der Waals surface area contributed by atoms with Gasteiger partial charge in [-0.2, -0.15) is 0 Å². The molecule has 0 spiro atoms. The predicted octanol–water partition coefficient (Wildman–Crippen LogP) is 6.49. The summed E-state index contributed by atoms with van der Waals surface area (Å²) in [5, 5.41) is 9.22. The summed E-state index contributed by atoms with van der Waals surface area (Å²) in [5.41, 5.74) is 5.36. The van der Waals surface area contributed by atoms with Crippen LogP contribution in [0.2, 0.25) is 30.7 Å². The highest BCUT2D eigenvalue weighted by Crippen LogP contribution is 2.39. The molecule has 1 amide bonds. The summed E-state index contributed by atoms with van der Waals surface area (Å²) in [6.07, 6.45) is 3.96. The van der Waals surface area contributed by atoms with Crippen LogP contribution in [0, 0.1) is 0 Å². The van der Waals surface area contributed by atoms with Crippen molar-refractivity contribution in [3.63, 3.8) is 0 Å². The first-order valence-electron chi connectivity index (χ1n) is 12.3. The van der Waals surface area contributed by atoms with E-state index in [1.165, 1.54) is 0 Å². The molecule has 10 heteroatoms. The Morgan fingerprint density at radius 2 is 1.95 bits per heavy atom. The lowest BCUT2D eigenvalue weighted by Crippen LogP contribution is -2.29. The molecule has 1 aliphatic heterocycles. The van der Waals surface area contributed by atoms with E-state index in [4.69, 9.17) is 16.3 Å². The fourth-order valence-electron chi connectivity index (χ4n) is 4.61. The molecule has 1 aliphatic rings. The second-order valence-electron chi connectivity index (χ2n) is 10.6. The van der Waals surface area contributed by atoms with Crippen LogP contribution in [0.4, 0.5) is 0 Å². The van der Waals surface area contributed by atoms with Crippen LogP contribution in [0.1, 0.15) is 33.1 Å². The van der Waals surface area contributed by atoms with E-state index in [9.17, 15) is 4.79 Å². The van der Waals surface area contributed by atoms with Gasteiger partial charge >= 0.3 is 0 Å². The van der Waals surface area contributed by atoms with Crippen LogP contribution in [0.25, 0.3) is 11.0 Å². The molecule has 0 saturated carbocycles. The molecule has 2 aromatic heterocycles. The van der Waals surface area contributed by atoms with Gasteiger partial charge in [0.1, 0.15) is 12.2 Å². The third kappa shape index (κ3) is 5.64. The van der Waals surface area contributed by atoms with Gasteiger partial charge in [0.05, 0.1) is 16.6 Å². The number of fused-ring (bicyclic) bond motifs is 2. The minimum absolute atomic E-state index is 0.0152. The average molecular weight is 599 g/mol. The van der Waals surface area contributed by atoms with Gasteiger partial charge in [0.25, 0.3) is 5.91 Å². The molecule has 0 saturated heterocycles. The average Bonchev–Trinajstić information content (AvgIpc) is 3.37. The van der Waals surface area contributed by atoms with Gasteiger partial charge in [-0.1, -0.05) is 60.7 Å². The van der Waals surface area contributed by atoms with Crippen molar-refractivity contribution in [2.45, 2.75) is 51.4 Å². The number of pyridine rings is 1. The Balaban J connectivity index is 1.37. The predicted molar refractivity (Wildman–Crippen MR) is 151 cm³/mol. The second kappa shape index (κ2) is 10.6. The van der Waals surface area contributed by atoms with Crippen molar-refractivity contribution in [1.82, 2.24) is 24.9 Å². The molecule has 192 valence electrons. The Morgan fingerprint density at radius 1 is 1.14 bits per heavy atom. The number of halogens is 2. The summed E-state index contributed by atoms with van der Waals surface area (Å²) in [6, 6.07) is 14.8.